The predicted molar refractivity (Wildman–Crippen MR) is 109 cm³/mol. The van der Waals surface area contributed by atoms with E-state index in [0.29, 0.717) is 0 Å². The van der Waals surface area contributed by atoms with E-state index in [-0.39, 0.29) is 0 Å². The zero-order valence-electron chi connectivity index (χ0n) is 15.6. The highest BCUT2D eigenvalue weighted by Crippen LogP contribution is 2.23. The van der Waals surface area contributed by atoms with Gasteiger partial charge in [-0.05, 0) is 44.5 Å². The maximum Gasteiger partial charge on any atom is 0.209 e. The molecule has 2 aromatic carbocycles. The minimum Gasteiger partial charge on any atom is -0.258 e. The molecule has 0 spiro atoms. The third kappa shape index (κ3) is 3.95. The van der Waals surface area contributed by atoms with Crippen LogP contribution in [0.15, 0.2) is 59.8 Å². The summed E-state index contributed by atoms with van der Waals surface area (Å²) < 4.78 is 1.97. The summed E-state index contributed by atoms with van der Waals surface area (Å²) in [5.74, 6) is 1.63. The second-order valence-electron chi connectivity index (χ2n) is 6.63. The van der Waals surface area contributed by atoms with Crippen molar-refractivity contribution in [2.75, 3.05) is 0 Å². The molecular weight excluding hydrogens is 354 g/mol. The van der Waals surface area contributed by atoms with Gasteiger partial charge in [-0.15, -0.1) is 5.10 Å². The van der Waals surface area contributed by atoms with E-state index in [1.54, 1.807) is 11.8 Å². The molecule has 2 heterocycles. The van der Waals surface area contributed by atoms with Crippen molar-refractivity contribution in [1.82, 2.24) is 25.0 Å². The lowest BCUT2D eigenvalue weighted by atomic mass is 10.1. The summed E-state index contributed by atoms with van der Waals surface area (Å²) in [6, 6.07) is 18.8. The van der Waals surface area contributed by atoms with E-state index in [1.165, 1.54) is 11.1 Å². The molecule has 4 rings (SSSR count). The van der Waals surface area contributed by atoms with E-state index >= 15 is 0 Å². The molecular formula is C21H21N5S. The number of benzene rings is 2. The van der Waals surface area contributed by atoms with Crippen LogP contribution in [0.5, 0.6) is 0 Å². The number of aromatic amines is 1. The molecule has 1 N–H and O–H groups in total. The minimum absolute atomic E-state index is 0.758. The van der Waals surface area contributed by atoms with Gasteiger partial charge in [0.2, 0.25) is 5.16 Å². The maximum absolute atomic E-state index is 4.59. The van der Waals surface area contributed by atoms with Crippen LogP contribution in [-0.2, 0) is 5.75 Å². The van der Waals surface area contributed by atoms with E-state index in [4.69, 9.17) is 0 Å². The molecule has 0 aliphatic carbocycles. The zero-order valence-corrected chi connectivity index (χ0v) is 16.4. The SMILES string of the molecule is Cc1ccc(-c2nc(SCc3ccc(-n4nc(C)cc4C)cc3)n[nH]2)cc1. The van der Waals surface area contributed by atoms with Crippen molar-refractivity contribution >= 4 is 11.8 Å². The first-order valence-corrected chi connectivity index (χ1v) is 9.82. The average molecular weight is 376 g/mol. The lowest BCUT2D eigenvalue weighted by molar-refractivity contribution is 0.833. The molecule has 0 saturated heterocycles. The van der Waals surface area contributed by atoms with Crippen LogP contribution in [0.4, 0.5) is 0 Å². The van der Waals surface area contributed by atoms with E-state index in [9.17, 15) is 0 Å². The Morgan fingerprint density at radius 2 is 1.70 bits per heavy atom. The predicted octanol–water partition coefficient (Wildman–Crippen LogP) is 4.87. The molecule has 4 aromatic rings. The molecule has 0 unspecified atom stereocenters. The first-order valence-electron chi connectivity index (χ1n) is 8.83. The second kappa shape index (κ2) is 7.40. The van der Waals surface area contributed by atoms with Gasteiger partial charge >= 0.3 is 0 Å². The Labute approximate surface area is 162 Å². The Morgan fingerprint density at radius 3 is 2.37 bits per heavy atom. The van der Waals surface area contributed by atoms with Crippen molar-refractivity contribution in [2.45, 2.75) is 31.7 Å². The first-order chi connectivity index (χ1) is 13.1. The molecule has 0 bridgehead atoms. The monoisotopic (exact) mass is 375 g/mol. The van der Waals surface area contributed by atoms with Crippen LogP contribution >= 0.6 is 11.8 Å². The molecule has 0 atom stereocenters. The maximum atomic E-state index is 4.59. The van der Waals surface area contributed by atoms with Gasteiger partial charge in [-0.1, -0.05) is 53.7 Å². The van der Waals surface area contributed by atoms with Gasteiger partial charge in [-0.25, -0.2) is 9.67 Å². The average Bonchev–Trinajstić information content (AvgIpc) is 3.27. The van der Waals surface area contributed by atoms with E-state index in [1.807, 2.05) is 11.6 Å². The zero-order chi connectivity index (χ0) is 18.8. The van der Waals surface area contributed by atoms with Gasteiger partial charge in [-0.3, -0.25) is 5.10 Å². The number of hydrogen-bond acceptors (Lipinski definition) is 4. The van der Waals surface area contributed by atoms with Crippen LogP contribution in [0.3, 0.4) is 0 Å². The molecule has 0 fully saturated rings. The van der Waals surface area contributed by atoms with Gasteiger partial charge in [0, 0.05) is 17.0 Å². The van der Waals surface area contributed by atoms with Crippen LogP contribution in [0.25, 0.3) is 17.1 Å². The van der Waals surface area contributed by atoms with E-state index in [0.717, 1.165) is 39.4 Å². The fraction of sp³-hybridized carbons (Fsp3) is 0.190. The highest BCUT2D eigenvalue weighted by molar-refractivity contribution is 7.98. The quantitative estimate of drug-likeness (QED) is 0.505. The topological polar surface area (TPSA) is 59.4 Å². The molecule has 27 heavy (non-hydrogen) atoms. The number of hydrogen-bond donors (Lipinski definition) is 1. The van der Waals surface area contributed by atoms with Gasteiger partial charge in [0.05, 0.1) is 11.4 Å². The Morgan fingerprint density at radius 1 is 0.963 bits per heavy atom. The Bertz CT molecular complexity index is 1050. The normalized spacial score (nSPS) is 11.1. The molecule has 0 aliphatic rings. The van der Waals surface area contributed by atoms with Gasteiger partial charge in [-0.2, -0.15) is 5.10 Å². The molecule has 2 aromatic heterocycles. The number of rotatable bonds is 5. The molecule has 136 valence electrons. The fourth-order valence-corrected chi connectivity index (χ4v) is 3.68. The summed E-state index contributed by atoms with van der Waals surface area (Å²) in [6.07, 6.45) is 0. The number of aryl methyl sites for hydroxylation is 3. The van der Waals surface area contributed by atoms with Crippen LogP contribution in [0.1, 0.15) is 22.5 Å². The van der Waals surface area contributed by atoms with Crippen molar-refractivity contribution < 1.29 is 0 Å². The summed E-state index contributed by atoms with van der Waals surface area (Å²) >= 11 is 1.63. The third-order valence-corrected chi connectivity index (χ3v) is 5.27. The summed E-state index contributed by atoms with van der Waals surface area (Å²) in [4.78, 5) is 4.59. The summed E-state index contributed by atoms with van der Waals surface area (Å²) in [5.41, 5.74) is 6.76. The number of nitrogens with zero attached hydrogens (tertiary/aromatic N) is 4. The molecule has 0 saturated carbocycles. The number of aromatic nitrogens is 5. The molecule has 6 heteroatoms. The van der Waals surface area contributed by atoms with Crippen LogP contribution < -0.4 is 0 Å². The van der Waals surface area contributed by atoms with Crippen LogP contribution in [0.2, 0.25) is 0 Å². The van der Waals surface area contributed by atoms with Gasteiger partial charge in [0.25, 0.3) is 0 Å². The Hall–Kier alpha value is -2.86. The largest absolute Gasteiger partial charge is 0.258 e. The highest BCUT2D eigenvalue weighted by Gasteiger charge is 2.07. The summed E-state index contributed by atoms with van der Waals surface area (Å²) in [6.45, 7) is 6.15. The Kier molecular flexibility index (Phi) is 4.81. The fourth-order valence-electron chi connectivity index (χ4n) is 2.92. The summed E-state index contributed by atoms with van der Waals surface area (Å²) in [7, 11) is 0. The lowest BCUT2D eigenvalue weighted by Gasteiger charge is -2.05. The highest BCUT2D eigenvalue weighted by atomic mass is 32.2. The first kappa shape index (κ1) is 17.5. The van der Waals surface area contributed by atoms with Crippen molar-refractivity contribution in [1.29, 1.82) is 0 Å². The van der Waals surface area contributed by atoms with Crippen molar-refractivity contribution in [3.05, 3.63) is 77.1 Å². The molecule has 5 nitrogen and oxygen atoms in total. The van der Waals surface area contributed by atoms with Crippen molar-refractivity contribution in [3.8, 4) is 17.1 Å². The molecule has 0 radical (unpaired) electrons. The van der Waals surface area contributed by atoms with Gasteiger partial charge in [0.15, 0.2) is 5.82 Å². The third-order valence-electron chi connectivity index (χ3n) is 4.35. The second-order valence-corrected chi connectivity index (χ2v) is 7.57. The molecule has 0 amide bonds. The summed E-state index contributed by atoms with van der Waals surface area (Å²) in [5, 5.41) is 12.6. The van der Waals surface area contributed by atoms with Gasteiger partial charge in [0.1, 0.15) is 0 Å². The van der Waals surface area contributed by atoms with Gasteiger partial charge < -0.3 is 0 Å². The smallest absolute Gasteiger partial charge is 0.209 e. The number of H-pyrrole nitrogens is 1. The van der Waals surface area contributed by atoms with E-state index < -0.39 is 0 Å². The van der Waals surface area contributed by atoms with Crippen LogP contribution in [-0.4, -0.2) is 25.0 Å². The lowest BCUT2D eigenvalue weighted by Crippen LogP contribution is -1.98. The number of thioether (sulfide) groups is 1. The van der Waals surface area contributed by atoms with E-state index in [2.05, 4.69) is 88.7 Å². The number of nitrogens with one attached hydrogen (secondary N) is 1. The minimum atomic E-state index is 0.758. The van der Waals surface area contributed by atoms with Crippen molar-refractivity contribution in [2.24, 2.45) is 0 Å². The Balaban J connectivity index is 1.42. The standard InChI is InChI=1S/C21H21N5S/c1-14-4-8-18(9-5-14)20-22-21(24-23-20)27-13-17-6-10-19(11-7-17)26-16(3)12-15(2)25-26/h4-12H,13H2,1-3H3,(H,22,23,24). The van der Waals surface area contributed by atoms with Crippen molar-refractivity contribution in [3.63, 3.8) is 0 Å². The van der Waals surface area contributed by atoms with Crippen LogP contribution in [0, 0.1) is 20.8 Å². The molecule has 0 aliphatic heterocycles.